The Kier molecular flexibility index (Phi) is 4.78. The van der Waals surface area contributed by atoms with Crippen LogP contribution in [0.4, 0.5) is 5.69 Å². The van der Waals surface area contributed by atoms with Crippen molar-refractivity contribution in [1.29, 1.82) is 0 Å². The summed E-state index contributed by atoms with van der Waals surface area (Å²) in [5.41, 5.74) is 5.86. The zero-order valence-corrected chi connectivity index (χ0v) is 15.3. The molecule has 2 heterocycles. The second-order valence-corrected chi connectivity index (χ2v) is 7.38. The van der Waals surface area contributed by atoms with Crippen molar-refractivity contribution in [3.8, 4) is 0 Å². The normalized spacial score (nSPS) is 16.0. The fraction of sp³-hybridized carbons (Fsp3) is 0.227. The molecule has 0 saturated heterocycles. The summed E-state index contributed by atoms with van der Waals surface area (Å²) in [7, 11) is 0. The summed E-state index contributed by atoms with van der Waals surface area (Å²) >= 11 is 0. The molecular formula is C22H21LiN2. The van der Waals surface area contributed by atoms with Gasteiger partial charge in [-0.15, -0.1) is 5.69 Å². The van der Waals surface area contributed by atoms with Crippen molar-refractivity contribution in [1.82, 2.24) is 4.98 Å². The van der Waals surface area contributed by atoms with E-state index in [9.17, 15) is 0 Å². The zero-order valence-electron chi connectivity index (χ0n) is 15.3. The van der Waals surface area contributed by atoms with Crippen LogP contribution in [-0.4, -0.2) is 4.98 Å². The third kappa shape index (κ3) is 3.38. The number of rotatable bonds is 1. The SMILES string of the molecule is CC(C)(C)c1ccc(C2C=Cc3ccc4cccnc4c3[N-]2)cc1.[Li+]. The molecular weight excluding hydrogens is 299 g/mol. The molecule has 3 aromatic rings. The van der Waals surface area contributed by atoms with E-state index in [2.05, 4.69) is 80.4 Å². The van der Waals surface area contributed by atoms with Crippen LogP contribution in [0.25, 0.3) is 22.3 Å². The van der Waals surface area contributed by atoms with Crippen LogP contribution in [0, 0.1) is 0 Å². The fourth-order valence-corrected chi connectivity index (χ4v) is 3.16. The monoisotopic (exact) mass is 320 g/mol. The van der Waals surface area contributed by atoms with E-state index in [4.69, 9.17) is 5.32 Å². The van der Waals surface area contributed by atoms with Crippen molar-refractivity contribution in [2.45, 2.75) is 32.2 Å². The number of hydrogen-bond donors (Lipinski definition) is 0. The Balaban J connectivity index is 0.00000182. The quantitative estimate of drug-likeness (QED) is 0.632. The van der Waals surface area contributed by atoms with Crippen LogP contribution in [0.2, 0.25) is 0 Å². The average molecular weight is 320 g/mol. The second-order valence-electron chi connectivity index (χ2n) is 7.38. The van der Waals surface area contributed by atoms with E-state index >= 15 is 0 Å². The third-order valence-corrected chi connectivity index (χ3v) is 4.62. The van der Waals surface area contributed by atoms with Gasteiger partial charge in [0.25, 0.3) is 0 Å². The first-order chi connectivity index (χ1) is 11.5. The Bertz CT molecular complexity index is 921. The molecule has 3 heteroatoms. The van der Waals surface area contributed by atoms with Crippen molar-refractivity contribution in [2.75, 3.05) is 0 Å². The smallest absolute Gasteiger partial charge is 0.673 e. The van der Waals surface area contributed by atoms with E-state index in [-0.39, 0.29) is 30.3 Å². The van der Waals surface area contributed by atoms with Crippen LogP contribution < -0.4 is 18.9 Å². The first kappa shape index (κ1) is 17.8. The number of pyridine rings is 1. The van der Waals surface area contributed by atoms with Gasteiger partial charge in [0.1, 0.15) is 0 Å². The van der Waals surface area contributed by atoms with Gasteiger partial charge in [0.2, 0.25) is 0 Å². The zero-order chi connectivity index (χ0) is 16.7. The predicted octanol–water partition coefficient (Wildman–Crippen LogP) is 3.31. The Morgan fingerprint density at radius 2 is 1.72 bits per heavy atom. The van der Waals surface area contributed by atoms with E-state index in [0.29, 0.717) is 0 Å². The minimum Gasteiger partial charge on any atom is -0.673 e. The van der Waals surface area contributed by atoms with E-state index in [1.165, 1.54) is 11.1 Å². The van der Waals surface area contributed by atoms with Crippen LogP contribution in [0.3, 0.4) is 0 Å². The Hall–Kier alpha value is -2.01. The fourth-order valence-electron chi connectivity index (χ4n) is 3.16. The van der Waals surface area contributed by atoms with Crippen molar-refractivity contribution >= 4 is 22.7 Å². The van der Waals surface area contributed by atoms with Gasteiger partial charge in [0.15, 0.2) is 0 Å². The topological polar surface area (TPSA) is 27.0 Å². The van der Waals surface area contributed by atoms with Crippen molar-refractivity contribution in [3.63, 3.8) is 0 Å². The maximum Gasteiger partial charge on any atom is 1.00 e. The van der Waals surface area contributed by atoms with E-state index in [1.807, 2.05) is 12.3 Å². The number of nitrogens with zero attached hydrogens (tertiary/aromatic N) is 2. The van der Waals surface area contributed by atoms with Crippen molar-refractivity contribution < 1.29 is 18.9 Å². The van der Waals surface area contributed by atoms with Gasteiger partial charge in [-0.05, 0) is 28.0 Å². The first-order valence-corrected chi connectivity index (χ1v) is 8.40. The molecule has 2 nitrogen and oxygen atoms in total. The standard InChI is InChI=1S/C22H21N2.Li/c1-22(2,3)18-11-8-15(9-12-18)19-13-10-17-7-6-16-5-4-14-23-20(16)21(17)24-19;/h4-14,19H,1-3H3;/q-1;+1. The minimum absolute atomic E-state index is 0. The molecule has 0 fully saturated rings. The van der Waals surface area contributed by atoms with Crippen LogP contribution in [0.15, 0.2) is 60.8 Å². The summed E-state index contributed by atoms with van der Waals surface area (Å²) in [5.74, 6) is 0. The molecule has 1 aliphatic heterocycles. The van der Waals surface area contributed by atoms with E-state index in [1.54, 1.807) is 0 Å². The minimum atomic E-state index is 0. The molecule has 0 amide bonds. The molecule has 25 heavy (non-hydrogen) atoms. The Morgan fingerprint density at radius 1 is 0.960 bits per heavy atom. The number of hydrogen-bond acceptors (Lipinski definition) is 1. The van der Waals surface area contributed by atoms with E-state index in [0.717, 1.165) is 22.2 Å². The molecule has 2 aromatic carbocycles. The van der Waals surface area contributed by atoms with Gasteiger partial charge in [-0.2, -0.15) is 0 Å². The molecule has 1 aliphatic rings. The van der Waals surface area contributed by atoms with Gasteiger partial charge in [-0.25, -0.2) is 0 Å². The summed E-state index contributed by atoms with van der Waals surface area (Å²) in [6.07, 6.45) is 6.17. The van der Waals surface area contributed by atoms with Gasteiger partial charge in [0.05, 0.1) is 5.52 Å². The van der Waals surface area contributed by atoms with E-state index < -0.39 is 0 Å². The largest absolute Gasteiger partial charge is 1.00 e. The van der Waals surface area contributed by atoms with Crippen LogP contribution in [0.1, 0.15) is 43.5 Å². The van der Waals surface area contributed by atoms with Crippen molar-refractivity contribution in [2.24, 2.45) is 0 Å². The molecule has 1 unspecified atom stereocenters. The van der Waals surface area contributed by atoms with Crippen LogP contribution in [-0.2, 0) is 5.41 Å². The van der Waals surface area contributed by atoms with Gasteiger partial charge >= 0.3 is 18.9 Å². The summed E-state index contributed by atoms with van der Waals surface area (Å²) in [4.78, 5) is 4.54. The third-order valence-electron chi connectivity index (χ3n) is 4.62. The van der Waals surface area contributed by atoms with Gasteiger partial charge in [-0.3, -0.25) is 4.98 Å². The maximum absolute atomic E-state index is 4.99. The molecule has 0 aliphatic carbocycles. The first-order valence-electron chi connectivity index (χ1n) is 8.40. The summed E-state index contributed by atoms with van der Waals surface area (Å²) in [6, 6.07) is 17.2. The molecule has 4 rings (SSSR count). The molecule has 0 spiro atoms. The van der Waals surface area contributed by atoms with Crippen LogP contribution in [0.5, 0.6) is 0 Å². The summed E-state index contributed by atoms with van der Waals surface area (Å²) in [6.45, 7) is 6.71. The van der Waals surface area contributed by atoms with Crippen molar-refractivity contribution in [3.05, 3.63) is 82.8 Å². The van der Waals surface area contributed by atoms with Gasteiger partial charge < -0.3 is 5.32 Å². The Labute approximate surface area is 161 Å². The maximum atomic E-state index is 4.99. The van der Waals surface area contributed by atoms with Crippen LogP contribution >= 0.6 is 0 Å². The summed E-state index contributed by atoms with van der Waals surface area (Å²) in [5, 5.41) is 6.12. The summed E-state index contributed by atoms with van der Waals surface area (Å²) < 4.78 is 0. The Morgan fingerprint density at radius 3 is 2.44 bits per heavy atom. The van der Waals surface area contributed by atoms with Gasteiger partial charge in [-0.1, -0.05) is 87.0 Å². The molecule has 1 atom stereocenters. The molecule has 1 aromatic heterocycles. The molecule has 0 saturated carbocycles. The number of fused-ring (bicyclic) bond motifs is 3. The predicted molar refractivity (Wildman–Crippen MR) is 102 cm³/mol. The second kappa shape index (κ2) is 6.71. The number of aromatic nitrogens is 1. The molecule has 0 radical (unpaired) electrons. The molecule has 0 bridgehead atoms. The number of benzene rings is 2. The molecule has 120 valence electrons. The molecule has 0 N–H and O–H groups in total. The average Bonchev–Trinajstić information content (AvgIpc) is 2.60. The van der Waals surface area contributed by atoms with Gasteiger partial charge in [0, 0.05) is 6.20 Å².